The molecular weight excluding hydrogens is 362 g/mol. The van der Waals surface area contributed by atoms with Gasteiger partial charge in [-0.05, 0) is 48.4 Å². The molecule has 5 rings (SSSR count). The number of sulfonamides is 1. The highest BCUT2D eigenvalue weighted by Crippen LogP contribution is 2.32. The van der Waals surface area contributed by atoms with Crippen molar-refractivity contribution < 1.29 is 13.2 Å². The third-order valence-corrected chi connectivity index (χ3v) is 7.28. The molecule has 0 atom stereocenters. The molecule has 0 unspecified atom stereocenters. The van der Waals surface area contributed by atoms with Crippen molar-refractivity contribution in [2.24, 2.45) is 0 Å². The van der Waals surface area contributed by atoms with E-state index in [0.29, 0.717) is 25.2 Å². The fourth-order valence-electron chi connectivity index (χ4n) is 4.02. The van der Waals surface area contributed by atoms with Gasteiger partial charge in [-0.3, -0.25) is 4.79 Å². The lowest BCUT2D eigenvalue weighted by Gasteiger charge is -2.26. The van der Waals surface area contributed by atoms with Crippen LogP contribution in [-0.4, -0.2) is 30.2 Å². The normalized spacial score (nSPS) is 17.0. The molecule has 0 saturated heterocycles. The van der Waals surface area contributed by atoms with E-state index in [-0.39, 0.29) is 17.2 Å². The number of hydrogen-bond donors (Lipinski definition) is 2. The Labute approximate surface area is 157 Å². The van der Waals surface area contributed by atoms with Crippen LogP contribution in [0.25, 0.3) is 10.9 Å². The van der Waals surface area contributed by atoms with Gasteiger partial charge < -0.3 is 10.3 Å². The second kappa shape index (κ2) is 5.68. The third-order valence-electron chi connectivity index (χ3n) is 5.44. The number of nitrogens with zero attached hydrogens (tertiary/aromatic N) is 1. The van der Waals surface area contributed by atoms with Gasteiger partial charge in [-0.1, -0.05) is 11.6 Å². The summed E-state index contributed by atoms with van der Waals surface area (Å²) < 4.78 is 28.0. The van der Waals surface area contributed by atoms with Crippen LogP contribution in [0.15, 0.2) is 41.3 Å². The number of aryl methyl sites for hydroxylation is 1. The molecule has 1 aromatic heterocycles. The maximum absolute atomic E-state index is 13.2. The number of rotatable bonds is 2. The zero-order valence-electron chi connectivity index (χ0n) is 14.9. The molecule has 2 aliphatic rings. The number of fused-ring (bicyclic) bond motifs is 4. The van der Waals surface area contributed by atoms with Crippen molar-refractivity contribution in [1.82, 2.24) is 9.29 Å². The van der Waals surface area contributed by atoms with Gasteiger partial charge in [0.25, 0.3) is 0 Å². The number of hydrogen-bond acceptors (Lipinski definition) is 3. The number of aromatic nitrogens is 1. The standard InChI is InChI=1S/C20H19N3O3S/c1-12-2-4-18-15(8-12)16-11-23(7-6-19(16)21-18)27(25,26)14-3-5-17-13(9-14)10-20(24)22-17/h2-5,8-9,21H,6-7,10-11H2,1H3,(H,22,24). The summed E-state index contributed by atoms with van der Waals surface area (Å²) in [4.78, 5) is 15.2. The highest BCUT2D eigenvalue weighted by molar-refractivity contribution is 7.89. The molecule has 3 heterocycles. The van der Waals surface area contributed by atoms with E-state index in [9.17, 15) is 13.2 Å². The summed E-state index contributed by atoms with van der Waals surface area (Å²) in [5.74, 6) is -0.101. The van der Waals surface area contributed by atoms with E-state index < -0.39 is 10.0 Å². The number of amides is 1. The smallest absolute Gasteiger partial charge is 0.243 e. The Morgan fingerprint density at radius 3 is 2.81 bits per heavy atom. The number of benzene rings is 2. The minimum Gasteiger partial charge on any atom is -0.358 e. The van der Waals surface area contributed by atoms with Gasteiger partial charge in [0.1, 0.15) is 0 Å². The maximum atomic E-state index is 13.2. The van der Waals surface area contributed by atoms with Gasteiger partial charge >= 0.3 is 0 Å². The Kier molecular flexibility index (Phi) is 3.47. The molecule has 0 bridgehead atoms. The molecule has 7 heteroatoms. The van der Waals surface area contributed by atoms with Crippen LogP contribution in [0.2, 0.25) is 0 Å². The lowest BCUT2D eigenvalue weighted by molar-refractivity contribution is -0.115. The maximum Gasteiger partial charge on any atom is 0.243 e. The summed E-state index contributed by atoms with van der Waals surface area (Å²) in [5, 5.41) is 3.83. The molecule has 2 aliphatic heterocycles. The first-order valence-electron chi connectivity index (χ1n) is 8.95. The van der Waals surface area contributed by atoms with Crippen molar-refractivity contribution in [3.05, 3.63) is 58.8 Å². The van der Waals surface area contributed by atoms with E-state index in [0.717, 1.165) is 33.3 Å². The summed E-state index contributed by atoms with van der Waals surface area (Å²) in [7, 11) is -3.62. The van der Waals surface area contributed by atoms with Gasteiger partial charge in [0.05, 0.1) is 11.3 Å². The Morgan fingerprint density at radius 2 is 1.96 bits per heavy atom. The van der Waals surface area contributed by atoms with E-state index in [1.54, 1.807) is 18.2 Å². The summed E-state index contributed by atoms with van der Waals surface area (Å²) >= 11 is 0. The second-order valence-corrected chi connectivity index (χ2v) is 9.20. The molecule has 2 N–H and O–H groups in total. The van der Waals surface area contributed by atoms with E-state index in [1.165, 1.54) is 4.31 Å². The van der Waals surface area contributed by atoms with Gasteiger partial charge in [0.2, 0.25) is 15.9 Å². The van der Waals surface area contributed by atoms with Crippen molar-refractivity contribution in [3.8, 4) is 0 Å². The van der Waals surface area contributed by atoms with Crippen LogP contribution < -0.4 is 5.32 Å². The minimum atomic E-state index is -3.62. The van der Waals surface area contributed by atoms with Crippen LogP contribution in [0.1, 0.15) is 22.4 Å². The van der Waals surface area contributed by atoms with Crippen molar-refractivity contribution in [1.29, 1.82) is 0 Å². The first kappa shape index (κ1) is 16.5. The summed E-state index contributed by atoms with van der Waals surface area (Å²) in [6.07, 6.45) is 0.887. The summed E-state index contributed by atoms with van der Waals surface area (Å²) in [6, 6.07) is 11.1. The molecule has 2 aromatic carbocycles. The first-order valence-corrected chi connectivity index (χ1v) is 10.4. The van der Waals surface area contributed by atoms with Gasteiger partial charge in [-0.25, -0.2) is 8.42 Å². The van der Waals surface area contributed by atoms with Crippen LogP contribution in [0, 0.1) is 6.92 Å². The Balaban J connectivity index is 1.52. The van der Waals surface area contributed by atoms with Gasteiger partial charge in [0, 0.05) is 41.8 Å². The number of carbonyl (C=O) groups is 1. The van der Waals surface area contributed by atoms with Crippen LogP contribution in [-0.2, 0) is 34.2 Å². The number of aromatic amines is 1. The summed E-state index contributed by atoms with van der Waals surface area (Å²) in [6.45, 7) is 2.83. The van der Waals surface area contributed by atoms with E-state index in [2.05, 4.69) is 22.4 Å². The Hall–Kier alpha value is -2.64. The van der Waals surface area contributed by atoms with Crippen molar-refractivity contribution >= 4 is 32.5 Å². The molecule has 6 nitrogen and oxygen atoms in total. The molecule has 0 aliphatic carbocycles. The van der Waals surface area contributed by atoms with Gasteiger partial charge in [-0.15, -0.1) is 0 Å². The zero-order valence-corrected chi connectivity index (χ0v) is 15.7. The molecule has 0 spiro atoms. The SMILES string of the molecule is Cc1ccc2[nH]c3c(c2c1)CN(S(=O)(=O)c1ccc2c(c1)CC(=O)N2)CC3. The highest BCUT2D eigenvalue weighted by Gasteiger charge is 2.31. The van der Waals surface area contributed by atoms with Crippen LogP contribution in [0.3, 0.4) is 0 Å². The molecular formula is C20H19N3O3S. The van der Waals surface area contributed by atoms with Crippen molar-refractivity contribution in [3.63, 3.8) is 0 Å². The number of carbonyl (C=O) groups excluding carboxylic acids is 1. The Bertz CT molecular complexity index is 1210. The van der Waals surface area contributed by atoms with Gasteiger partial charge in [0.15, 0.2) is 0 Å². The van der Waals surface area contributed by atoms with Crippen LogP contribution >= 0.6 is 0 Å². The fraction of sp³-hybridized carbons (Fsp3) is 0.250. The van der Waals surface area contributed by atoms with Crippen molar-refractivity contribution in [2.75, 3.05) is 11.9 Å². The zero-order chi connectivity index (χ0) is 18.8. The minimum absolute atomic E-state index is 0.101. The van der Waals surface area contributed by atoms with Crippen molar-refractivity contribution in [2.45, 2.75) is 31.2 Å². The molecule has 1 amide bonds. The third kappa shape index (κ3) is 2.57. The highest BCUT2D eigenvalue weighted by atomic mass is 32.2. The topological polar surface area (TPSA) is 82.3 Å². The average molecular weight is 381 g/mol. The molecule has 3 aromatic rings. The molecule has 0 radical (unpaired) electrons. The second-order valence-electron chi connectivity index (χ2n) is 7.26. The number of anilines is 1. The Morgan fingerprint density at radius 1 is 1.11 bits per heavy atom. The fourth-order valence-corrected chi connectivity index (χ4v) is 5.48. The molecule has 0 saturated carbocycles. The van der Waals surface area contributed by atoms with Crippen LogP contribution in [0.4, 0.5) is 5.69 Å². The molecule has 138 valence electrons. The first-order chi connectivity index (χ1) is 12.9. The van der Waals surface area contributed by atoms with E-state index >= 15 is 0 Å². The predicted molar refractivity (Wildman–Crippen MR) is 103 cm³/mol. The van der Waals surface area contributed by atoms with E-state index in [4.69, 9.17) is 0 Å². The van der Waals surface area contributed by atoms with E-state index in [1.807, 2.05) is 13.0 Å². The van der Waals surface area contributed by atoms with Crippen LogP contribution in [0.5, 0.6) is 0 Å². The van der Waals surface area contributed by atoms with Gasteiger partial charge in [-0.2, -0.15) is 4.31 Å². The number of nitrogens with one attached hydrogen (secondary N) is 2. The quantitative estimate of drug-likeness (QED) is 0.716. The monoisotopic (exact) mass is 381 g/mol. The predicted octanol–water partition coefficient (Wildman–Crippen LogP) is 2.72. The lowest BCUT2D eigenvalue weighted by Crippen LogP contribution is -2.35. The molecule has 0 fully saturated rings. The molecule has 27 heavy (non-hydrogen) atoms. The lowest BCUT2D eigenvalue weighted by atomic mass is 10.0. The largest absolute Gasteiger partial charge is 0.358 e. The summed E-state index contributed by atoms with van der Waals surface area (Å²) in [5.41, 5.74) is 5.81. The average Bonchev–Trinajstić information content (AvgIpc) is 3.19. The number of H-pyrrole nitrogens is 1.